The van der Waals surface area contributed by atoms with Crippen molar-refractivity contribution in [3.63, 3.8) is 0 Å². The van der Waals surface area contributed by atoms with Gasteiger partial charge in [-0.15, -0.1) is 0 Å². The van der Waals surface area contributed by atoms with Crippen LogP contribution in [0.4, 0.5) is 5.69 Å². The fourth-order valence-electron chi connectivity index (χ4n) is 1.84. The zero-order valence-corrected chi connectivity index (χ0v) is 12.6. The molecule has 1 aliphatic rings. The van der Waals surface area contributed by atoms with E-state index in [0.29, 0.717) is 5.69 Å². The Labute approximate surface area is 123 Å². The summed E-state index contributed by atoms with van der Waals surface area (Å²) in [5.41, 5.74) is 6.01. The summed E-state index contributed by atoms with van der Waals surface area (Å²) < 4.78 is 31.8. The molecule has 0 aromatic heterocycles. The van der Waals surface area contributed by atoms with Crippen molar-refractivity contribution in [1.82, 2.24) is 10.0 Å². The minimum Gasteiger partial charge on any atom is -0.495 e. The van der Waals surface area contributed by atoms with E-state index in [9.17, 15) is 13.2 Å². The van der Waals surface area contributed by atoms with E-state index in [-0.39, 0.29) is 35.6 Å². The quantitative estimate of drug-likeness (QED) is 0.488. The predicted molar refractivity (Wildman–Crippen MR) is 78.3 cm³/mol. The number of carbonyl (C=O) groups excluding carboxylic acids is 1. The maximum Gasteiger partial charge on any atom is 0.244 e. The Morgan fingerprint density at radius 1 is 1.38 bits per heavy atom. The molecule has 0 saturated heterocycles. The van der Waals surface area contributed by atoms with Gasteiger partial charge in [0.1, 0.15) is 10.6 Å². The van der Waals surface area contributed by atoms with Crippen LogP contribution in [0.1, 0.15) is 12.8 Å². The van der Waals surface area contributed by atoms with Crippen LogP contribution in [-0.4, -0.2) is 34.5 Å². The van der Waals surface area contributed by atoms with Crippen molar-refractivity contribution < 1.29 is 17.9 Å². The van der Waals surface area contributed by atoms with E-state index >= 15 is 0 Å². The summed E-state index contributed by atoms with van der Waals surface area (Å²) in [5.74, 6) is 0.280. The lowest BCUT2D eigenvalue weighted by Gasteiger charge is -2.11. The number of nitrogens with one attached hydrogen (secondary N) is 2. The fraction of sp³-hybridized carbons (Fsp3) is 0.462. The second-order valence-corrected chi connectivity index (χ2v) is 6.61. The van der Waals surface area contributed by atoms with Crippen molar-refractivity contribution in [2.45, 2.75) is 17.7 Å². The highest BCUT2D eigenvalue weighted by molar-refractivity contribution is 7.89. The Bertz CT molecular complexity index is 626. The monoisotopic (exact) mass is 313 g/mol. The Hall–Kier alpha value is -1.80. The number of ether oxygens (including phenoxy) is 1. The molecule has 7 nitrogen and oxygen atoms in total. The molecule has 0 radical (unpaired) electrons. The van der Waals surface area contributed by atoms with E-state index < -0.39 is 10.0 Å². The Morgan fingerprint density at radius 2 is 2.10 bits per heavy atom. The molecule has 0 heterocycles. The van der Waals surface area contributed by atoms with Crippen molar-refractivity contribution in [1.29, 1.82) is 0 Å². The summed E-state index contributed by atoms with van der Waals surface area (Å²) in [7, 11) is -2.33. The first-order valence-electron chi connectivity index (χ1n) is 6.65. The average Bonchev–Trinajstić information content (AvgIpc) is 3.27. The number of anilines is 1. The van der Waals surface area contributed by atoms with Crippen LogP contribution >= 0.6 is 0 Å². The fourth-order valence-corrected chi connectivity index (χ4v) is 3.03. The second-order valence-electron chi connectivity index (χ2n) is 4.87. The largest absolute Gasteiger partial charge is 0.495 e. The smallest absolute Gasteiger partial charge is 0.244 e. The van der Waals surface area contributed by atoms with Gasteiger partial charge in [0, 0.05) is 30.8 Å². The molecule has 0 unspecified atom stereocenters. The molecule has 4 N–H and O–H groups in total. The molecule has 116 valence electrons. The Morgan fingerprint density at radius 3 is 2.71 bits per heavy atom. The van der Waals surface area contributed by atoms with Gasteiger partial charge in [0.05, 0.1) is 7.11 Å². The van der Waals surface area contributed by atoms with Crippen LogP contribution in [0.25, 0.3) is 0 Å². The summed E-state index contributed by atoms with van der Waals surface area (Å²) in [6.07, 6.45) is 1.83. The van der Waals surface area contributed by atoms with Gasteiger partial charge in [-0.1, -0.05) is 0 Å². The van der Waals surface area contributed by atoms with Gasteiger partial charge < -0.3 is 15.8 Å². The summed E-state index contributed by atoms with van der Waals surface area (Å²) in [6, 6.07) is 4.33. The molecular weight excluding hydrogens is 294 g/mol. The first-order valence-corrected chi connectivity index (χ1v) is 8.13. The van der Waals surface area contributed by atoms with E-state index in [4.69, 9.17) is 10.5 Å². The van der Waals surface area contributed by atoms with Crippen LogP contribution in [0.5, 0.6) is 5.75 Å². The zero-order valence-electron chi connectivity index (χ0n) is 11.8. The van der Waals surface area contributed by atoms with Crippen molar-refractivity contribution in [2.75, 3.05) is 25.9 Å². The summed E-state index contributed by atoms with van der Waals surface area (Å²) in [6.45, 7) is 0.375. The zero-order chi connectivity index (χ0) is 15.5. The molecule has 0 spiro atoms. The highest BCUT2D eigenvalue weighted by atomic mass is 32.2. The number of nitrogens with two attached hydrogens (primary N) is 1. The maximum absolute atomic E-state index is 12.2. The number of carbonyl (C=O) groups is 1. The van der Waals surface area contributed by atoms with Crippen LogP contribution in [0, 0.1) is 5.92 Å². The number of hydrogen-bond acceptors (Lipinski definition) is 5. The van der Waals surface area contributed by atoms with Crippen LogP contribution in [0.15, 0.2) is 23.1 Å². The third-order valence-electron chi connectivity index (χ3n) is 3.14. The van der Waals surface area contributed by atoms with E-state index in [1.807, 2.05) is 0 Å². The standard InChI is InChI=1S/C13H19N3O4S/c1-20-11-8-10(14)4-5-12(11)21(18,19)16-7-6-15-13(17)9-2-3-9/h4-5,8-9,16H,2-3,6-7,14H2,1H3,(H,15,17). The molecule has 2 rings (SSSR count). The van der Waals surface area contributed by atoms with E-state index in [0.717, 1.165) is 12.8 Å². The molecule has 0 atom stereocenters. The first kappa shape index (κ1) is 15.6. The summed E-state index contributed by atoms with van der Waals surface area (Å²) >= 11 is 0. The molecule has 0 bridgehead atoms. The number of methoxy groups -OCH3 is 1. The Balaban J connectivity index is 1.93. The number of rotatable bonds is 7. The molecule has 1 aliphatic carbocycles. The van der Waals surface area contributed by atoms with Gasteiger partial charge in [0.15, 0.2) is 0 Å². The molecule has 21 heavy (non-hydrogen) atoms. The lowest BCUT2D eigenvalue weighted by atomic mass is 10.3. The van der Waals surface area contributed by atoms with Crippen molar-refractivity contribution in [3.8, 4) is 5.75 Å². The van der Waals surface area contributed by atoms with Gasteiger partial charge in [-0.25, -0.2) is 13.1 Å². The lowest BCUT2D eigenvalue weighted by Crippen LogP contribution is -2.35. The number of nitrogen functional groups attached to an aromatic ring is 1. The van der Waals surface area contributed by atoms with Gasteiger partial charge in [0.25, 0.3) is 0 Å². The van der Waals surface area contributed by atoms with Gasteiger partial charge >= 0.3 is 0 Å². The van der Waals surface area contributed by atoms with Gasteiger partial charge in [-0.05, 0) is 25.0 Å². The highest BCUT2D eigenvalue weighted by Gasteiger charge is 2.29. The second kappa shape index (κ2) is 6.31. The third kappa shape index (κ3) is 4.08. The molecule has 1 aromatic carbocycles. The molecule has 1 aromatic rings. The van der Waals surface area contributed by atoms with Gasteiger partial charge in [-0.3, -0.25) is 4.79 Å². The van der Waals surface area contributed by atoms with E-state index in [1.54, 1.807) is 0 Å². The van der Waals surface area contributed by atoms with Gasteiger partial charge in [-0.2, -0.15) is 0 Å². The van der Waals surface area contributed by atoms with E-state index in [2.05, 4.69) is 10.0 Å². The van der Waals surface area contributed by atoms with Gasteiger partial charge in [0.2, 0.25) is 15.9 Å². The first-order chi connectivity index (χ1) is 9.94. The van der Waals surface area contributed by atoms with Crippen LogP contribution in [0.3, 0.4) is 0 Å². The van der Waals surface area contributed by atoms with Crippen molar-refractivity contribution in [2.24, 2.45) is 5.92 Å². The number of sulfonamides is 1. The molecule has 1 saturated carbocycles. The maximum atomic E-state index is 12.2. The molecule has 8 heteroatoms. The minimum absolute atomic E-state index is 0.0146. The summed E-state index contributed by atoms with van der Waals surface area (Å²) in [5, 5.41) is 2.69. The van der Waals surface area contributed by atoms with Crippen molar-refractivity contribution in [3.05, 3.63) is 18.2 Å². The molecule has 0 aliphatic heterocycles. The summed E-state index contributed by atoms with van der Waals surface area (Å²) in [4.78, 5) is 11.4. The minimum atomic E-state index is -3.70. The SMILES string of the molecule is COc1cc(N)ccc1S(=O)(=O)NCCNC(=O)C1CC1. The van der Waals surface area contributed by atoms with Crippen LogP contribution in [-0.2, 0) is 14.8 Å². The topological polar surface area (TPSA) is 111 Å². The highest BCUT2D eigenvalue weighted by Crippen LogP contribution is 2.28. The Kier molecular flexibility index (Phi) is 4.69. The lowest BCUT2D eigenvalue weighted by molar-refractivity contribution is -0.122. The molecule has 1 fully saturated rings. The number of amides is 1. The number of hydrogen-bond donors (Lipinski definition) is 3. The predicted octanol–water partition coefficient (Wildman–Crippen LogP) is 0.0819. The number of benzene rings is 1. The third-order valence-corrected chi connectivity index (χ3v) is 4.64. The normalized spacial score (nSPS) is 14.7. The van der Waals surface area contributed by atoms with Crippen LogP contribution in [0.2, 0.25) is 0 Å². The van der Waals surface area contributed by atoms with Crippen molar-refractivity contribution >= 4 is 21.6 Å². The molecular formula is C13H19N3O4S. The average molecular weight is 313 g/mol. The van der Waals surface area contributed by atoms with E-state index in [1.165, 1.54) is 25.3 Å². The van der Waals surface area contributed by atoms with Crippen LogP contribution < -0.4 is 20.5 Å². The molecule has 1 amide bonds.